The fourth-order valence-electron chi connectivity index (χ4n) is 1.01. The van der Waals surface area contributed by atoms with Crippen LogP contribution in [-0.2, 0) is 4.79 Å². The maximum absolute atomic E-state index is 11.7. The Bertz CT molecular complexity index is 422. The number of aromatic hydroxyl groups is 1. The van der Waals surface area contributed by atoms with Gasteiger partial charge in [-0.3, -0.25) is 4.79 Å². The predicted molar refractivity (Wildman–Crippen MR) is 61.0 cm³/mol. The van der Waals surface area contributed by atoms with Crippen molar-refractivity contribution < 1.29 is 9.90 Å². The number of amides is 1. The molecule has 0 heterocycles. The number of rotatable bonds is 2. The number of phenols is 1. The molecule has 0 bridgehead atoms. The summed E-state index contributed by atoms with van der Waals surface area (Å²) in [6.07, 6.45) is 0. The number of nitrogens with zero attached hydrogens (tertiary/aromatic N) is 1. The van der Waals surface area contributed by atoms with Gasteiger partial charge in [0.1, 0.15) is 5.75 Å². The van der Waals surface area contributed by atoms with Crippen LogP contribution in [0.25, 0.3) is 0 Å². The summed E-state index contributed by atoms with van der Waals surface area (Å²) < 4.78 is 0. The van der Waals surface area contributed by atoms with E-state index in [-0.39, 0.29) is 11.7 Å². The Morgan fingerprint density at radius 2 is 2.06 bits per heavy atom. The normalized spacial score (nSPS) is 10.9. The molecule has 1 rings (SSSR count). The van der Waals surface area contributed by atoms with Crippen molar-refractivity contribution in [1.82, 2.24) is 0 Å². The molecule has 0 radical (unpaired) electrons. The number of benzene rings is 1. The van der Waals surface area contributed by atoms with Gasteiger partial charge in [0.2, 0.25) is 5.91 Å². The van der Waals surface area contributed by atoms with Crippen molar-refractivity contribution in [2.45, 2.75) is 20.8 Å². The van der Waals surface area contributed by atoms with Crippen molar-refractivity contribution in [2.75, 3.05) is 5.32 Å². The Hall–Kier alpha value is -1.91. The highest BCUT2D eigenvalue weighted by molar-refractivity contribution is 5.95. The zero-order chi connectivity index (χ0) is 12.3. The van der Waals surface area contributed by atoms with Crippen LogP contribution in [0.15, 0.2) is 23.3 Å². The SMILES string of the molecule is CC(C)(C)C(=O)Nc1ccc(N=N)cc1O. The summed E-state index contributed by atoms with van der Waals surface area (Å²) in [4.78, 5) is 11.7. The number of hydrogen-bond acceptors (Lipinski definition) is 4. The van der Waals surface area contributed by atoms with Crippen LogP contribution in [0.1, 0.15) is 20.8 Å². The zero-order valence-corrected chi connectivity index (χ0v) is 9.53. The number of hydrogen-bond donors (Lipinski definition) is 3. The Labute approximate surface area is 94.0 Å². The van der Waals surface area contributed by atoms with Gasteiger partial charge < -0.3 is 10.4 Å². The summed E-state index contributed by atoms with van der Waals surface area (Å²) in [6.45, 7) is 5.35. The van der Waals surface area contributed by atoms with E-state index < -0.39 is 5.41 Å². The van der Waals surface area contributed by atoms with Crippen molar-refractivity contribution in [3.63, 3.8) is 0 Å². The first-order chi connectivity index (χ1) is 7.34. The Morgan fingerprint density at radius 1 is 1.44 bits per heavy atom. The van der Waals surface area contributed by atoms with Gasteiger partial charge in [-0.15, -0.1) is 0 Å². The lowest BCUT2D eigenvalue weighted by Crippen LogP contribution is -2.27. The molecule has 1 amide bonds. The molecule has 0 aliphatic rings. The maximum Gasteiger partial charge on any atom is 0.229 e. The molecule has 0 fully saturated rings. The van der Waals surface area contributed by atoms with E-state index in [1.165, 1.54) is 12.1 Å². The first-order valence-electron chi connectivity index (χ1n) is 4.86. The number of nitrogens with one attached hydrogen (secondary N) is 2. The van der Waals surface area contributed by atoms with E-state index in [0.29, 0.717) is 11.4 Å². The van der Waals surface area contributed by atoms with Gasteiger partial charge in [0, 0.05) is 11.5 Å². The molecule has 5 nitrogen and oxygen atoms in total. The zero-order valence-electron chi connectivity index (χ0n) is 9.53. The van der Waals surface area contributed by atoms with Crippen molar-refractivity contribution in [2.24, 2.45) is 10.5 Å². The van der Waals surface area contributed by atoms with Crippen LogP contribution in [0, 0.1) is 10.9 Å². The molecular weight excluding hydrogens is 206 g/mol. The molecule has 0 saturated heterocycles. The predicted octanol–water partition coefficient (Wildman–Crippen LogP) is 3.04. The first-order valence-corrected chi connectivity index (χ1v) is 4.86. The van der Waals surface area contributed by atoms with Gasteiger partial charge in [-0.25, -0.2) is 5.53 Å². The van der Waals surface area contributed by atoms with E-state index in [4.69, 9.17) is 5.53 Å². The molecule has 0 saturated carbocycles. The second kappa shape index (κ2) is 4.30. The summed E-state index contributed by atoms with van der Waals surface area (Å²) in [5.74, 6) is -0.274. The Morgan fingerprint density at radius 3 is 2.50 bits per heavy atom. The molecule has 0 aliphatic carbocycles. The molecule has 0 aromatic heterocycles. The fourth-order valence-corrected chi connectivity index (χ4v) is 1.01. The summed E-state index contributed by atoms with van der Waals surface area (Å²) >= 11 is 0. The van der Waals surface area contributed by atoms with Gasteiger partial charge in [0.15, 0.2) is 0 Å². The fraction of sp³-hybridized carbons (Fsp3) is 0.364. The summed E-state index contributed by atoms with van der Waals surface area (Å²) in [5.41, 5.74) is 6.92. The van der Waals surface area contributed by atoms with Crippen LogP contribution in [-0.4, -0.2) is 11.0 Å². The van der Waals surface area contributed by atoms with Gasteiger partial charge in [-0.1, -0.05) is 20.8 Å². The quantitative estimate of drug-likeness (QED) is 0.529. The van der Waals surface area contributed by atoms with Crippen LogP contribution in [0.2, 0.25) is 0 Å². The standard InChI is InChI=1S/C11H15N3O2/c1-11(2,3)10(16)13-8-5-4-7(14-12)6-9(8)15/h4-6,12,15H,1-3H3,(H,13,16). The first kappa shape index (κ1) is 12.2. The van der Waals surface area contributed by atoms with Crippen molar-refractivity contribution in [3.8, 4) is 5.75 Å². The minimum atomic E-state index is -0.523. The number of anilines is 1. The molecule has 0 unspecified atom stereocenters. The lowest BCUT2D eigenvalue weighted by atomic mass is 9.95. The van der Waals surface area contributed by atoms with Gasteiger partial charge in [-0.2, -0.15) is 5.11 Å². The van der Waals surface area contributed by atoms with E-state index in [2.05, 4.69) is 10.4 Å². The Balaban J connectivity index is 2.91. The van der Waals surface area contributed by atoms with E-state index in [0.717, 1.165) is 0 Å². The van der Waals surface area contributed by atoms with Crippen LogP contribution < -0.4 is 5.32 Å². The average molecular weight is 221 g/mol. The highest BCUT2D eigenvalue weighted by Gasteiger charge is 2.22. The molecule has 3 N–H and O–H groups in total. The molecule has 0 atom stereocenters. The van der Waals surface area contributed by atoms with E-state index in [1.54, 1.807) is 26.8 Å². The van der Waals surface area contributed by atoms with Crippen LogP contribution in [0.3, 0.4) is 0 Å². The minimum absolute atomic E-state index is 0.0916. The van der Waals surface area contributed by atoms with Gasteiger partial charge in [-0.05, 0) is 12.1 Å². The van der Waals surface area contributed by atoms with Crippen LogP contribution in [0.5, 0.6) is 5.75 Å². The molecule has 5 heteroatoms. The highest BCUT2D eigenvalue weighted by Crippen LogP contribution is 2.29. The molecule has 1 aromatic rings. The van der Waals surface area contributed by atoms with E-state index >= 15 is 0 Å². The minimum Gasteiger partial charge on any atom is -0.506 e. The monoisotopic (exact) mass is 221 g/mol. The highest BCUT2D eigenvalue weighted by atomic mass is 16.3. The smallest absolute Gasteiger partial charge is 0.229 e. The second-order valence-electron chi connectivity index (χ2n) is 4.52. The molecular formula is C11H15N3O2. The van der Waals surface area contributed by atoms with Gasteiger partial charge in [0.25, 0.3) is 0 Å². The van der Waals surface area contributed by atoms with Crippen LogP contribution in [0.4, 0.5) is 11.4 Å². The van der Waals surface area contributed by atoms with E-state index in [9.17, 15) is 9.90 Å². The van der Waals surface area contributed by atoms with Crippen molar-refractivity contribution in [1.29, 1.82) is 5.53 Å². The van der Waals surface area contributed by atoms with E-state index in [1.807, 2.05) is 0 Å². The molecule has 1 aromatic carbocycles. The number of carbonyl (C=O) groups is 1. The van der Waals surface area contributed by atoms with Crippen LogP contribution >= 0.6 is 0 Å². The van der Waals surface area contributed by atoms with Crippen molar-refractivity contribution in [3.05, 3.63) is 18.2 Å². The second-order valence-corrected chi connectivity index (χ2v) is 4.52. The third kappa shape index (κ3) is 2.79. The van der Waals surface area contributed by atoms with Crippen molar-refractivity contribution >= 4 is 17.3 Å². The lowest BCUT2D eigenvalue weighted by molar-refractivity contribution is -0.123. The number of phenolic OH excluding ortho intramolecular Hbond substituents is 1. The number of carbonyl (C=O) groups excluding carboxylic acids is 1. The molecule has 16 heavy (non-hydrogen) atoms. The molecule has 0 aliphatic heterocycles. The largest absolute Gasteiger partial charge is 0.506 e. The third-order valence-electron chi connectivity index (χ3n) is 2.04. The summed E-state index contributed by atoms with van der Waals surface area (Å²) in [5, 5.41) is 15.4. The molecule has 86 valence electrons. The molecule has 0 spiro atoms. The van der Waals surface area contributed by atoms with Gasteiger partial charge in [0.05, 0.1) is 11.4 Å². The lowest BCUT2D eigenvalue weighted by Gasteiger charge is -2.18. The van der Waals surface area contributed by atoms with Gasteiger partial charge >= 0.3 is 0 Å². The summed E-state index contributed by atoms with van der Waals surface area (Å²) in [7, 11) is 0. The summed E-state index contributed by atoms with van der Waals surface area (Å²) in [6, 6.07) is 4.39. The third-order valence-corrected chi connectivity index (χ3v) is 2.04. The topological polar surface area (TPSA) is 85.5 Å². The maximum atomic E-state index is 11.7. The Kier molecular flexibility index (Phi) is 3.27. The average Bonchev–Trinajstić information content (AvgIpc) is 2.19.